The summed E-state index contributed by atoms with van der Waals surface area (Å²) in [7, 11) is 0. The van der Waals surface area contributed by atoms with E-state index in [1.807, 2.05) is 41.4 Å². The molecule has 1 aliphatic heterocycles. The number of piperidine rings is 1. The number of carbonyl (C=O) groups is 1. The summed E-state index contributed by atoms with van der Waals surface area (Å²) in [5, 5.41) is 9.72. The molecule has 0 saturated carbocycles. The number of carbonyl (C=O) groups excluding carboxylic acids is 1. The monoisotopic (exact) mass is 402 g/mol. The first kappa shape index (κ1) is 18.4. The molecule has 1 N–H and O–H groups in total. The molecule has 3 aromatic heterocycles. The number of nitrogens with zero attached hydrogens (tertiary/aromatic N) is 5. The summed E-state index contributed by atoms with van der Waals surface area (Å²) in [6.45, 7) is 1.91. The average Bonchev–Trinajstić information content (AvgIpc) is 3.47. The highest BCUT2D eigenvalue weighted by Crippen LogP contribution is 2.22. The van der Waals surface area contributed by atoms with Gasteiger partial charge in [-0.2, -0.15) is 5.10 Å². The Kier molecular flexibility index (Phi) is 4.66. The van der Waals surface area contributed by atoms with Crippen molar-refractivity contribution < 1.29 is 4.79 Å². The van der Waals surface area contributed by atoms with Crippen LogP contribution >= 0.6 is 0 Å². The minimum Gasteiger partial charge on any atom is -0.361 e. The van der Waals surface area contributed by atoms with Crippen molar-refractivity contribution in [2.75, 3.05) is 13.1 Å². The molecule has 1 amide bonds. The average molecular weight is 402 g/mol. The number of aromatic nitrogens is 5. The number of hydrogen-bond acceptors (Lipinski definition) is 4. The number of rotatable bonds is 4. The number of aromatic amines is 1. The van der Waals surface area contributed by atoms with Crippen molar-refractivity contribution in [1.82, 2.24) is 29.4 Å². The van der Waals surface area contributed by atoms with Gasteiger partial charge in [0.05, 0.1) is 0 Å². The maximum absolute atomic E-state index is 12.9. The summed E-state index contributed by atoms with van der Waals surface area (Å²) in [6, 6.07) is 12.8. The van der Waals surface area contributed by atoms with Crippen molar-refractivity contribution in [2.24, 2.45) is 5.92 Å². The molecule has 0 spiro atoms. The second kappa shape index (κ2) is 7.62. The molecule has 4 heterocycles. The topological polar surface area (TPSA) is 88.8 Å². The van der Waals surface area contributed by atoms with Gasteiger partial charge >= 0.3 is 0 Å². The van der Waals surface area contributed by atoms with Crippen LogP contribution in [0.3, 0.4) is 0 Å². The molecule has 0 bridgehead atoms. The third kappa shape index (κ3) is 3.52. The Morgan fingerprint density at radius 3 is 2.80 bits per heavy atom. The Balaban J connectivity index is 1.24. The van der Waals surface area contributed by atoms with Crippen LogP contribution < -0.4 is 5.56 Å². The lowest BCUT2D eigenvalue weighted by Gasteiger charge is -2.32. The Morgan fingerprint density at radius 2 is 2.00 bits per heavy atom. The van der Waals surface area contributed by atoms with Crippen molar-refractivity contribution in [3.05, 3.63) is 77.0 Å². The molecule has 8 heteroatoms. The van der Waals surface area contributed by atoms with E-state index >= 15 is 0 Å². The second-order valence-corrected chi connectivity index (χ2v) is 7.68. The molecule has 1 aliphatic rings. The number of hydrogen-bond donors (Lipinski definition) is 1. The van der Waals surface area contributed by atoms with Gasteiger partial charge in [-0.05, 0) is 54.5 Å². The van der Waals surface area contributed by atoms with Gasteiger partial charge in [-0.3, -0.25) is 9.59 Å². The third-order valence-electron chi connectivity index (χ3n) is 5.73. The highest BCUT2D eigenvalue weighted by atomic mass is 16.2. The van der Waals surface area contributed by atoms with E-state index in [9.17, 15) is 9.59 Å². The first-order valence-corrected chi connectivity index (χ1v) is 10.1. The van der Waals surface area contributed by atoms with Gasteiger partial charge in [0.1, 0.15) is 0 Å². The van der Waals surface area contributed by atoms with E-state index in [-0.39, 0.29) is 11.5 Å². The fourth-order valence-corrected chi connectivity index (χ4v) is 4.02. The lowest BCUT2D eigenvalue weighted by molar-refractivity contribution is 0.0680. The Bertz CT molecular complexity index is 1230. The summed E-state index contributed by atoms with van der Waals surface area (Å²) in [5.41, 5.74) is 1.55. The standard InChI is InChI=1S/C22H22N6O2/c29-21-5-4-20(27-11-1-9-24-27)25-28(21)15-16-7-12-26(13-8-16)22(30)18-3-2-17-6-10-23-19(17)14-18/h1-6,9-11,14,16,23H,7-8,12-13,15H2. The minimum atomic E-state index is -0.122. The van der Waals surface area contributed by atoms with E-state index in [2.05, 4.69) is 15.2 Å². The molecule has 8 nitrogen and oxygen atoms in total. The number of amides is 1. The van der Waals surface area contributed by atoms with Gasteiger partial charge in [-0.1, -0.05) is 6.07 Å². The van der Waals surface area contributed by atoms with Gasteiger partial charge in [0.25, 0.3) is 11.5 Å². The first-order valence-electron chi connectivity index (χ1n) is 10.1. The zero-order chi connectivity index (χ0) is 20.5. The van der Waals surface area contributed by atoms with Crippen LogP contribution in [0.25, 0.3) is 16.7 Å². The lowest BCUT2D eigenvalue weighted by atomic mass is 9.96. The molecule has 5 rings (SSSR count). The van der Waals surface area contributed by atoms with Gasteiger partial charge < -0.3 is 9.88 Å². The lowest BCUT2D eigenvalue weighted by Crippen LogP contribution is -2.40. The maximum atomic E-state index is 12.9. The molecule has 0 unspecified atom stereocenters. The van der Waals surface area contributed by atoms with Gasteiger partial charge in [0, 0.05) is 55.4 Å². The van der Waals surface area contributed by atoms with Crippen LogP contribution in [0.15, 0.2) is 65.8 Å². The van der Waals surface area contributed by atoms with Crippen molar-refractivity contribution in [2.45, 2.75) is 19.4 Å². The number of H-pyrrole nitrogens is 1. The largest absolute Gasteiger partial charge is 0.361 e. The summed E-state index contributed by atoms with van der Waals surface area (Å²) in [6.07, 6.45) is 7.04. The van der Waals surface area contributed by atoms with Gasteiger partial charge in [0.2, 0.25) is 0 Å². The first-order chi connectivity index (χ1) is 14.7. The number of fused-ring (bicyclic) bond motifs is 1. The van der Waals surface area contributed by atoms with Crippen molar-refractivity contribution in [3.8, 4) is 5.82 Å². The second-order valence-electron chi connectivity index (χ2n) is 7.68. The summed E-state index contributed by atoms with van der Waals surface area (Å²) in [5.74, 6) is 0.978. The summed E-state index contributed by atoms with van der Waals surface area (Å²) < 4.78 is 3.15. The van der Waals surface area contributed by atoms with Gasteiger partial charge in [0.15, 0.2) is 5.82 Å². The molecule has 0 atom stereocenters. The fourth-order valence-electron chi connectivity index (χ4n) is 4.02. The molecule has 152 valence electrons. The molecule has 0 radical (unpaired) electrons. The number of likely N-dealkylation sites (tertiary alicyclic amines) is 1. The maximum Gasteiger partial charge on any atom is 0.266 e. The molecule has 30 heavy (non-hydrogen) atoms. The van der Waals surface area contributed by atoms with Gasteiger partial charge in [-0.15, -0.1) is 5.10 Å². The third-order valence-corrected chi connectivity index (χ3v) is 5.73. The molecule has 4 aromatic rings. The van der Waals surface area contributed by atoms with Crippen molar-refractivity contribution >= 4 is 16.8 Å². The highest BCUT2D eigenvalue weighted by molar-refractivity contribution is 5.98. The zero-order valence-corrected chi connectivity index (χ0v) is 16.4. The fraction of sp³-hybridized carbons (Fsp3) is 0.273. The number of nitrogens with one attached hydrogen (secondary N) is 1. The predicted molar refractivity (Wildman–Crippen MR) is 113 cm³/mol. The Morgan fingerprint density at radius 1 is 1.13 bits per heavy atom. The van der Waals surface area contributed by atoms with Gasteiger partial charge in [-0.25, -0.2) is 9.36 Å². The van der Waals surface area contributed by atoms with E-state index in [1.165, 1.54) is 10.7 Å². The summed E-state index contributed by atoms with van der Waals surface area (Å²) in [4.78, 5) is 30.2. The van der Waals surface area contributed by atoms with E-state index in [0.717, 1.165) is 23.7 Å². The number of benzene rings is 1. The van der Waals surface area contributed by atoms with Crippen LogP contribution in [0, 0.1) is 5.92 Å². The van der Waals surface area contributed by atoms with E-state index in [0.29, 0.717) is 36.9 Å². The Labute approximate surface area is 172 Å². The van der Waals surface area contributed by atoms with E-state index < -0.39 is 0 Å². The summed E-state index contributed by atoms with van der Waals surface area (Å²) >= 11 is 0. The highest BCUT2D eigenvalue weighted by Gasteiger charge is 2.24. The van der Waals surface area contributed by atoms with Crippen LogP contribution in [0.4, 0.5) is 0 Å². The van der Waals surface area contributed by atoms with Crippen LogP contribution in [-0.4, -0.2) is 48.4 Å². The Hall–Kier alpha value is -3.68. The molecule has 1 saturated heterocycles. The molecular formula is C22H22N6O2. The van der Waals surface area contributed by atoms with E-state index in [4.69, 9.17) is 0 Å². The predicted octanol–water partition coefficient (Wildman–Crippen LogP) is 2.46. The smallest absolute Gasteiger partial charge is 0.266 e. The van der Waals surface area contributed by atoms with Crippen molar-refractivity contribution in [3.63, 3.8) is 0 Å². The van der Waals surface area contributed by atoms with Crippen molar-refractivity contribution in [1.29, 1.82) is 0 Å². The normalized spacial score (nSPS) is 15.0. The van der Waals surface area contributed by atoms with Crippen LogP contribution in [-0.2, 0) is 6.54 Å². The van der Waals surface area contributed by atoms with Crippen LogP contribution in [0.1, 0.15) is 23.2 Å². The zero-order valence-electron chi connectivity index (χ0n) is 16.4. The van der Waals surface area contributed by atoms with Crippen LogP contribution in [0.2, 0.25) is 0 Å². The minimum absolute atomic E-state index is 0.0564. The molecule has 1 aromatic carbocycles. The SMILES string of the molecule is O=C(c1ccc2cc[nH]c2c1)N1CCC(Cn2nc(-n3cccn3)ccc2=O)CC1. The van der Waals surface area contributed by atoms with E-state index in [1.54, 1.807) is 23.1 Å². The molecule has 0 aliphatic carbocycles. The van der Waals surface area contributed by atoms with Crippen LogP contribution in [0.5, 0.6) is 0 Å². The molecule has 1 fully saturated rings. The molecular weight excluding hydrogens is 380 g/mol. The quantitative estimate of drug-likeness (QED) is 0.568.